The fourth-order valence-corrected chi connectivity index (χ4v) is 1.34. The van der Waals surface area contributed by atoms with Gasteiger partial charge in [-0.25, -0.2) is 4.79 Å². The van der Waals surface area contributed by atoms with Gasteiger partial charge in [0.1, 0.15) is 0 Å². The molecule has 3 heteroatoms. The van der Waals surface area contributed by atoms with E-state index < -0.39 is 6.29 Å². The number of benzene rings is 1. The van der Waals surface area contributed by atoms with E-state index in [2.05, 4.69) is 0 Å². The summed E-state index contributed by atoms with van der Waals surface area (Å²) in [5.41, 5.74) is 0.547. The van der Waals surface area contributed by atoms with Crippen molar-refractivity contribution in [3.8, 4) is 0 Å². The van der Waals surface area contributed by atoms with Crippen molar-refractivity contribution >= 4 is 5.97 Å². The molecule has 0 bridgehead atoms. The molecule has 1 unspecified atom stereocenters. The molecule has 0 radical (unpaired) electrons. The predicted octanol–water partition coefficient (Wildman–Crippen LogP) is 3.25. The number of rotatable bonds is 5. The van der Waals surface area contributed by atoms with Gasteiger partial charge in [0.05, 0.1) is 11.7 Å². The topological polar surface area (TPSA) is 35.5 Å². The molecule has 0 saturated heterocycles. The summed E-state index contributed by atoms with van der Waals surface area (Å²) in [6, 6.07) is 8.94. The van der Waals surface area contributed by atoms with Crippen LogP contribution in [0.2, 0.25) is 0 Å². The second-order valence-corrected chi connectivity index (χ2v) is 4.57. The van der Waals surface area contributed by atoms with Gasteiger partial charge in [0, 0.05) is 5.92 Å². The molecule has 0 fully saturated rings. The van der Waals surface area contributed by atoms with E-state index in [1.54, 1.807) is 12.1 Å². The van der Waals surface area contributed by atoms with Crippen molar-refractivity contribution < 1.29 is 14.3 Å². The first-order valence-corrected chi connectivity index (χ1v) is 5.92. The molecule has 0 aliphatic carbocycles. The highest BCUT2D eigenvalue weighted by atomic mass is 16.7. The lowest BCUT2D eigenvalue weighted by Crippen LogP contribution is -2.29. The van der Waals surface area contributed by atoms with Crippen molar-refractivity contribution in [2.45, 2.75) is 40.1 Å². The summed E-state index contributed by atoms with van der Waals surface area (Å²) in [6.45, 7) is 7.77. The number of esters is 1. The van der Waals surface area contributed by atoms with Crippen molar-refractivity contribution in [3.05, 3.63) is 35.9 Å². The van der Waals surface area contributed by atoms with Crippen LogP contribution >= 0.6 is 0 Å². The van der Waals surface area contributed by atoms with Gasteiger partial charge in [-0.05, 0) is 26.0 Å². The van der Waals surface area contributed by atoms with Crippen LogP contribution in [0, 0.1) is 5.92 Å². The molecule has 0 amide bonds. The first-order valence-electron chi connectivity index (χ1n) is 5.92. The van der Waals surface area contributed by atoms with E-state index in [9.17, 15) is 4.79 Å². The number of carbonyl (C=O) groups excluding carboxylic acids is 1. The lowest BCUT2D eigenvalue weighted by Gasteiger charge is -2.23. The molecule has 1 aromatic carbocycles. The smallest absolute Gasteiger partial charge is 0.340 e. The van der Waals surface area contributed by atoms with E-state index in [0.717, 1.165) is 0 Å². The van der Waals surface area contributed by atoms with Crippen LogP contribution in [0.3, 0.4) is 0 Å². The van der Waals surface area contributed by atoms with Gasteiger partial charge >= 0.3 is 5.97 Å². The van der Waals surface area contributed by atoms with Gasteiger partial charge < -0.3 is 9.47 Å². The van der Waals surface area contributed by atoms with Crippen molar-refractivity contribution in [1.29, 1.82) is 0 Å². The standard InChI is InChI=1S/C14H20O3/c1-10(2)14(16-11(3)4)17-13(15)12-8-6-5-7-9-12/h5-11,14H,1-4H3. The Morgan fingerprint density at radius 3 is 2.12 bits per heavy atom. The maximum Gasteiger partial charge on any atom is 0.340 e. The summed E-state index contributed by atoms with van der Waals surface area (Å²) >= 11 is 0. The second kappa shape index (κ2) is 6.40. The Bertz CT molecular complexity index is 344. The van der Waals surface area contributed by atoms with Crippen molar-refractivity contribution in [1.82, 2.24) is 0 Å². The average molecular weight is 236 g/mol. The second-order valence-electron chi connectivity index (χ2n) is 4.57. The zero-order chi connectivity index (χ0) is 12.8. The third kappa shape index (κ3) is 4.57. The Morgan fingerprint density at radius 1 is 1.06 bits per heavy atom. The molecule has 1 atom stereocenters. The van der Waals surface area contributed by atoms with Crippen LogP contribution in [0.15, 0.2) is 30.3 Å². The van der Waals surface area contributed by atoms with E-state index >= 15 is 0 Å². The monoisotopic (exact) mass is 236 g/mol. The largest absolute Gasteiger partial charge is 0.432 e. The van der Waals surface area contributed by atoms with Crippen molar-refractivity contribution in [3.63, 3.8) is 0 Å². The molecule has 1 rings (SSSR count). The summed E-state index contributed by atoms with van der Waals surface area (Å²) < 4.78 is 10.9. The number of hydrogen-bond donors (Lipinski definition) is 0. The quantitative estimate of drug-likeness (QED) is 0.581. The molecule has 0 spiro atoms. The Hall–Kier alpha value is -1.35. The molecule has 0 saturated carbocycles. The molecular weight excluding hydrogens is 216 g/mol. The van der Waals surface area contributed by atoms with Gasteiger partial charge in [0.25, 0.3) is 0 Å². The minimum atomic E-state index is -0.497. The molecule has 0 aliphatic rings. The zero-order valence-corrected chi connectivity index (χ0v) is 10.8. The van der Waals surface area contributed by atoms with Gasteiger partial charge in [-0.3, -0.25) is 0 Å². The summed E-state index contributed by atoms with van der Waals surface area (Å²) in [7, 11) is 0. The highest BCUT2D eigenvalue weighted by Gasteiger charge is 2.20. The van der Waals surface area contributed by atoms with Gasteiger partial charge in [0.2, 0.25) is 6.29 Å². The van der Waals surface area contributed by atoms with E-state index in [0.29, 0.717) is 5.56 Å². The SMILES string of the molecule is CC(C)OC(OC(=O)c1ccccc1)C(C)C. The van der Waals surface area contributed by atoms with E-state index in [-0.39, 0.29) is 18.0 Å². The van der Waals surface area contributed by atoms with Crippen molar-refractivity contribution in [2.75, 3.05) is 0 Å². The Balaban J connectivity index is 2.65. The van der Waals surface area contributed by atoms with Crippen LogP contribution in [0.1, 0.15) is 38.1 Å². The predicted molar refractivity (Wildman–Crippen MR) is 66.7 cm³/mol. The van der Waals surface area contributed by atoms with Crippen LogP contribution in [0.25, 0.3) is 0 Å². The number of hydrogen-bond acceptors (Lipinski definition) is 3. The van der Waals surface area contributed by atoms with E-state index in [1.807, 2.05) is 45.9 Å². The Kier molecular flexibility index (Phi) is 5.16. The highest BCUT2D eigenvalue weighted by Crippen LogP contribution is 2.13. The maximum absolute atomic E-state index is 11.8. The average Bonchev–Trinajstić information content (AvgIpc) is 2.28. The molecule has 1 aromatic rings. The van der Waals surface area contributed by atoms with Gasteiger partial charge in [-0.1, -0.05) is 32.0 Å². The van der Waals surface area contributed by atoms with Gasteiger partial charge in [-0.2, -0.15) is 0 Å². The van der Waals surface area contributed by atoms with Crippen LogP contribution in [-0.4, -0.2) is 18.4 Å². The lowest BCUT2D eigenvalue weighted by atomic mass is 10.2. The molecule has 94 valence electrons. The molecule has 0 aromatic heterocycles. The number of ether oxygens (including phenoxy) is 2. The minimum absolute atomic E-state index is 0.0333. The fourth-order valence-electron chi connectivity index (χ4n) is 1.34. The van der Waals surface area contributed by atoms with Crippen LogP contribution < -0.4 is 0 Å². The van der Waals surface area contributed by atoms with Crippen LogP contribution in [0.4, 0.5) is 0 Å². The molecule has 0 N–H and O–H groups in total. The third-order valence-electron chi connectivity index (χ3n) is 2.18. The maximum atomic E-state index is 11.8. The summed E-state index contributed by atoms with van der Waals surface area (Å²) in [6.07, 6.45) is -0.464. The van der Waals surface area contributed by atoms with E-state index in [4.69, 9.17) is 9.47 Å². The Morgan fingerprint density at radius 2 is 1.65 bits per heavy atom. The summed E-state index contributed by atoms with van der Waals surface area (Å²) in [4.78, 5) is 11.8. The highest BCUT2D eigenvalue weighted by molar-refractivity contribution is 5.89. The summed E-state index contributed by atoms with van der Waals surface area (Å²) in [5.74, 6) is -0.213. The first kappa shape index (κ1) is 13.7. The lowest BCUT2D eigenvalue weighted by molar-refractivity contribution is -0.154. The van der Waals surface area contributed by atoms with Crippen LogP contribution in [0.5, 0.6) is 0 Å². The van der Waals surface area contributed by atoms with Crippen LogP contribution in [-0.2, 0) is 9.47 Å². The first-order chi connectivity index (χ1) is 8.00. The van der Waals surface area contributed by atoms with Crippen molar-refractivity contribution in [2.24, 2.45) is 5.92 Å². The Labute approximate surface area is 103 Å². The fraction of sp³-hybridized carbons (Fsp3) is 0.500. The molecule has 17 heavy (non-hydrogen) atoms. The minimum Gasteiger partial charge on any atom is -0.432 e. The third-order valence-corrected chi connectivity index (χ3v) is 2.18. The molecule has 0 heterocycles. The van der Waals surface area contributed by atoms with Gasteiger partial charge in [-0.15, -0.1) is 0 Å². The number of carbonyl (C=O) groups is 1. The zero-order valence-electron chi connectivity index (χ0n) is 10.8. The molecule has 0 aliphatic heterocycles. The molecule has 3 nitrogen and oxygen atoms in total. The summed E-state index contributed by atoms with van der Waals surface area (Å²) in [5, 5.41) is 0. The normalized spacial score (nSPS) is 12.8. The van der Waals surface area contributed by atoms with Gasteiger partial charge in [0.15, 0.2) is 0 Å². The van der Waals surface area contributed by atoms with E-state index in [1.165, 1.54) is 0 Å². The molecular formula is C14H20O3.